The van der Waals surface area contributed by atoms with Gasteiger partial charge in [-0.15, -0.1) is 0 Å². The molecule has 4 N–H and O–H groups in total. The van der Waals surface area contributed by atoms with Crippen LogP contribution < -0.4 is 16.6 Å². The van der Waals surface area contributed by atoms with Crippen molar-refractivity contribution in [2.45, 2.75) is 6.54 Å². The number of rotatable bonds is 1. The van der Waals surface area contributed by atoms with Crippen molar-refractivity contribution >= 4 is 22.3 Å². The first-order chi connectivity index (χ1) is 8.81. The Morgan fingerprint density at radius 1 is 1.39 bits per heavy atom. The summed E-state index contributed by atoms with van der Waals surface area (Å²) >= 11 is 0. The lowest BCUT2D eigenvalue weighted by Crippen LogP contribution is -2.33. The number of pyridine rings is 1. The molecule has 5 heteroatoms. The topological polar surface area (TPSA) is 80.0 Å². The summed E-state index contributed by atoms with van der Waals surface area (Å²) in [5, 5.41) is 5.24. The van der Waals surface area contributed by atoms with E-state index in [9.17, 15) is 4.79 Å². The van der Waals surface area contributed by atoms with Crippen molar-refractivity contribution in [3.05, 3.63) is 47.9 Å². The molecule has 0 saturated heterocycles. The van der Waals surface area contributed by atoms with Crippen LogP contribution in [0.1, 0.15) is 11.3 Å². The molecule has 2 heterocycles. The fourth-order valence-corrected chi connectivity index (χ4v) is 2.21. The van der Waals surface area contributed by atoms with Crippen molar-refractivity contribution in [1.29, 1.82) is 0 Å². The van der Waals surface area contributed by atoms with Gasteiger partial charge in [0.15, 0.2) is 0 Å². The second-order valence-corrected chi connectivity index (χ2v) is 4.08. The molecular formula is C13H12N4O. The van der Waals surface area contributed by atoms with E-state index in [-0.39, 0.29) is 5.91 Å². The minimum Gasteiger partial charge on any atom is -0.386 e. The SMILES string of the molecule is NNC(=O)C1=CNCc2c1ncc1ccccc21. The first-order valence-corrected chi connectivity index (χ1v) is 5.63. The molecule has 0 aliphatic carbocycles. The van der Waals surface area contributed by atoms with Crippen LogP contribution in [0.4, 0.5) is 0 Å². The molecule has 0 saturated carbocycles. The van der Waals surface area contributed by atoms with Gasteiger partial charge in [0.05, 0.1) is 11.3 Å². The second kappa shape index (κ2) is 4.12. The summed E-state index contributed by atoms with van der Waals surface area (Å²) in [6.45, 7) is 0.658. The molecule has 0 unspecified atom stereocenters. The third kappa shape index (κ3) is 1.53. The highest BCUT2D eigenvalue weighted by molar-refractivity contribution is 6.20. The van der Waals surface area contributed by atoms with Crippen molar-refractivity contribution in [2.75, 3.05) is 0 Å². The Kier molecular flexibility index (Phi) is 2.46. The summed E-state index contributed by atoms with van der Waals surface area (Å²) in [5.41, 5.74) is 4.31. The lowest BCUT2D eigenvalue weighted by atomic mass is 9.98. The first kappa shape index (κ1) is 10.7. The van der Waals surface area contributed by atoms with Gasteiger partial charge in [-0.3, -0.25) is 15.2 Å². The Balaban J connectivity index is 2.24. The standard InChI is InChI=1S/C13H12N4O/c14-17-13(18)11-7-15-6-10-9-4-2-1-3-8(9)5-16-12(10)11/h1-5,7,15H,6,14H2,(H,17,18). The van der Waals surface area contributed by atoms with Gasteiger partial charge >= 0.3 is 0 Å². The number of nitrogens with zero attached hydrogens (tertiary/aromatic N) is 1. The molecule has 0 spiro atoms. The van der Waals surface area contributed by atoms with Crippen molar-refractivity contribution in [1.82, 2.24) is 15.7 Å². The van der Waals surface area contributed by atoms with E-state index in [1.807, 2.05) is 24.3 Å². The summed E-state index contributed by atoms with van der Waals surface area (Å²) in [6, 6.07) is 7.98. The van der Waals surface area contributed by atoms with E-state index in [0.29, 0.717) is 17.8 Å². The van der Waals surface area contributed by atoms with Crippen LogP contribution in [-0.4, -0.2) is 10.9 Å². The van der Waals surface area contributed by atoms with E-state index in [2.05, 4.69) is 15.7 Å². The van der Waals surface area contributed by atoms with Gasteiger partial charge in [-0.25, -0.2) is 5.84 Å². The number of benzene rings is 1. The number of carbonyl (C=O) groups is 1. The van der Waals surface area contributed by atoms with Gasteiger partial charge in [0.25, 0.3) is 5.91 Å². The quantitative estimate of drug-likeness (QED) is 0.389. The normalized spacial score (nSPS) is 13.5. The van der Waals surface area contributed by atoms with Gasteiger partial charge in [0, 0.05) is 29.9 Å². The minimum atomic E-state index is -0.341. The maximum Gasteiger partial charge on any atom is 0.268 e. The number of carbonyl (C=O) groups excluding carboxylic acids is 1. The molecule has 1 aliphatic heterocycles. The number of amides is 1. The zero-order valence-corrected chi connectivity index (χ0v) is 9.60. The molecule has 0 atom stereocenters. The molecule has 0 bridgehead atoms. The van der Waals surface area contributed by atoms with E-state index in [1.54, 1.807) is 12.4 Å². The molecule has 1 aromatic carbocycles. The summed E-state index contributed by atoms with van der Waals surface area (Å²) in [7, 11) is 0. The van der Waals surface area contributed by atoms with Crippen LogP contribution in [0, 0.1) is 0 Å². The predicted octanol–water partition coefficient (Wildman–Crippen LogP) is 0.669. The Labute approximate surface area is 104 Å². The summed E-state index contributed by atoms with van der Waals surface area (Å²) in [6.07, 6.45) is 3.42. The van der Waals surface area contributed by atoms with Gasteiger partial charge in [-0.2, -0.15) is 0 Å². The third-order valence-electron chi connectivity index (χ3n) is 3.06. The second-order valence-electron chi connectivity index (χ2n) is 4.08. The van der Waals surface area contributed by atoms with Gasteiger partial charge in [-0.05, 0) is 5.39 Å². The van der Waals surface area contributed by atoms with Crippen LogP contribution in [0.5, 0.6) is 0 Å². The van der Waals surface area contributed by atoms with Crippen molar-refractivity contribution < 1.29 is 4.79 Å². The number of aromatic nitrogens is 1. The molecule has 0 fully saturated rings. The van der Waals surface area contributed by atoms with E-state index >= 15 is 0 Å². The number of hydrazine groups is 1. The average Bonchev–Trinajstić information content (AvgIpc) is 2.45. The molecule has 5 nitrogen and oxygen atoms in total. The lowest BCUT2D eigenvalue weighted by Gasteiger charge is -2.18. The maximum absolute atomic E-state index is 11.7. The third-order valence-corrected chi connectivity index (χ3v) is 3.06. The van der Waals surface area contributed by atoms with Crippen molar-refractivity contribution in [3.8, 4) is 0 Å². The van der Waals surface area contributed by atoms with E-state index in [0.717, 1.165) is 16.3 Å². The Morgan fingerprint density at radius 2 is 2.22 bits per heavy atom. The predicted molar refractivity (Wildman–Crippen MR) is 68.9 cm³/mol. The van der Waals surface area contributed by atoms with Gasteiger partial charge in [0.2, 0.25) is 0 Å². The minimum absolute atomic E-state index is 0.341. The molecule has 1 aromatic heterocycles. The number of hydrogen-bond acceptors (Lipinski definition) is 4. The molecule has 0 radical (unpaired) electrons. The molecule has 1 aliphatic rings. The highest BCUT2D eigenvalue weighted by atomic mass is 16.2. The monoisotopic (exact) mass is 240 g/mol. The molecular weight excluding hydrogens is 228 g/mol. The van der Waals surface area contributed by atoms with Crippen LogP contribution in [0.2, 0.25) is 0 Å². The largest absolute Gasteiger partial charge is 0.386 e. The summed E-state index contributed by atoms with van der Waals surface area (Å²) in [4.78, 5) is 16.1. The number of nitrogens with two attached hydrogens (primary N) is 1. The van der Waals surface area contributed by atoms with Crippen LogP contribution in [-0.2, 0) is 11.3 Å². The number of hydrogen-bond donors (Lipinski definition) is 3. The number of nitrogens with one attached hydrogen (secondary N) is 2. The van der Waals surface area contributed by atoms with Crippen LogP contribution in [0.3, 0.4) is 0 Å². The Hall–Kier alpha value is -2.40. The Morgan fingerprint density at radius 3 is 3.06 bits per heavy atom. The van der Waals surface area contributed by atoms with E-state index < -0.39 is 0 Å². The lowest BCUT2D eigenvalue weighted by molar-refractivity contribution is -0.115. The summed E-state index contributed by atoms with van der Waals surface area (Å²) in [5.74, 6) is 4.84. The maximum atomic E-state index is 11.7. The van der Waals surface area contributed by atoms with Crippen molar-refractivity contribution in [2.24, 2.45) is 5.84 Å². The molecule has 3 rings (SSSR count). The zero-order chi connectivity index (χ0) is 12.5. The number of fused-ring (bicyclic) bond motifs is 3. The zero-order valence-electron chi connectivity index (χ0n) is 9.60. The summed E-state index contributed by atoms with van der Waals surface area (Å²) < 4.78 is 0. The molecule has 90 valence electrons. The highest BCUT2D eigenvalue weighted by Gasteiger charge is 2.21. The average molecular weight is 240 g/mol. The fraction of sp³-hybridized carbons (Fsp3) is 0.0769. The molecule has 2 aromatic rings. The van der Waals surface area contributed by atoms with Crippen LogP contribution in [0.15, 0.2) is 36.7 Å². The highest BCUT2D eigenvalue weighted by Crippen LogP contribution is 2.27. The van der Waals surface area contributed by atoms with Gasteiger partial charge in [0.1, 0.15) is 0 Å². The van der Waals surface area contributed by atoms with E-state index in [4.69, 9.17) is 5.84 Å². The Bertz CT molecular complexity index is 663. The van der Waals surface area contributed by atoms with Crippen molar-refractivity contribution in [3.63, 3.8) is 0 Å². The smallest absolute Gasteiger partial charge is 0.268 e. The van der Waals surface area contributed by atoms with Gasteiger partial charge < -0.3 is 5.32 Å². The van der Waals surface area contributed by atoms with Crippen LogP contribution >= 0.6 is 0 Å². The molecule has 1 amide bonds. The molecule has 18 heavy (non-hydrogen) atoms. The van der Waals surface area contributed by atoms with E-state index in [1.165, 1.54) is 0 Å². The fourth-order valence-electron chi connectivity index (χ4n) is 2.21. The van der Waals surface area contributed by atoms with Gasteiger partial charge in [-0.1, -0.05) is 24.3 Å². The van der Waals surface area contributed by atoms with Crippen LogP contribution in [0.25, 0.3) is 16.3 Å². The first-order valence-electron chi connectivity index (χ1n) is 5.63.